The topological polar surface area (TPSA) is 34.0 Å². The third kappa shape index (κ3) is 4.60. The van der Waals surface area contributed by atoms with Crippen LogP contribution in [0.1, 0.15) is 49.3 Å². The van der Waals surface area contributed by atoms with E-state index in [2.05, 4.69) is 92.4 Å². The number of nitrogens with zero attached hydrogens (tertiary/aromatic N) is 1. The standard InChI is InChI=1S/C24H30N2O/c1-17(2)13-14-25-24(27)15-21(19-11-9-18(3)10-12-19)22-16-26(4)23-8-6-5-7-20(22)23/h5-12,16-17,21H,13-15H2,1-4H3,(H,25,27)/t21-/m1/s1. The highest BCUT2D eigenvalue weighted by Gasteiger charge is 2.22. The Hall–Kier alpha value is -2.55. The van der Waals surface area contributed by atoms with Crippen LogP contribution in [-0.4, -0.2) is 17.0 Å². The summed E-state index contributed by atoms with van der Waals surface area (Å²) in [7, 11) is 2.07. The average molecular weight is 363 g/mol. The number of nitrogens with one attached hydrogen (secondary N) is 1. The molecule has 27 heavy (non-hydrogen) atoms. The van der Waals surface area contributed by atoms with E-state index in [9.17, 15) is 4.79 Å². The lowest BCUT2D eigenvalue weighted by Gasteiger charge is -2.18. The van der Waals surface area contributed by atoms with Crippen LogP contribution in [-0.2, 0) is 11.8 Å². The van der Waals surface area contributed by atoms with Crippen LogP contribution in [0.3, 0.4) is 0 Å². The van der Waals surface area contributed by atoms with Crippen molar-refractivity contribution in [1.82, 2.24) is 9.88 Å². The monoisotopic (exact) mass is 362 g/mol. The molecule has 0 aliphatic rings. The Morgan fingerprint density at radius 3 is 2.48 bits per heavy atom. The quantitative estimate of drug-likeness (QED) is 0.618. The summed E-state index contributed by atoms with van der Waals surface area (Å²) >= 11 is 0. The van der Waals surface area contributed by atoms with E-state index in [1.807, 2.05) is 0 Å². The molecule has 0 bridgehead atoms. The highest BCUT2D eigenvalue weighted by molar-refractivity contribution is 5.86. The first-order valence-electron chi connectivity index (χ1n) is 9.83. The fourth-order valence-corrected chi connectivity index (χ4v) is 3.61. The van der Waals surface area contributed by atoms with Crippen molar-refractivity contribution >= 4 is 16.8 Å². The molecule has 0 unspecified atom stereocenters. The van der Waals surface area contributed by atoms with Gasteiger partial charge < -0.3 is 9.88 Å². The fourth-order valence-electron chi connectivity index (χ4n) is 3.61. The van der Waals surface area contributed by atoms with Crippen molar-refractivity contribution < 1.29 is 4.79 Å². The molecule has 3 nitrogen and oxygen atoms in total. The highest BCUT2D eigenvalue weighted by Crippen LogP contribution is 2.34. The van der Waals surface area contributed by atoms with Gasteiger partial charge in [-0.25, -0.2) is 0 Å². The minimum Gasteiger partial charge on any atom is -0.356 e. The predicted octanol–water partition coefficient (Wildman–Crippen LogP) is 5.17. The van der Waals surface area contributed by atoms with Gasteiger partial charge in [0.05, 0.1) is 0 Å². The highest BCUT2D eigenvalue weighted by atomic mass is 16.1. The van der Waals surface area contributed by atoms with Gasteiger partial charge in [0.1, 0.15) is 0 Å². The molecule has 1 heterocycles. The van der Waals surface area contributed by atoms with Crippen LogP contribution in [0.5, 0.6) is 0 Å². The first-order chi connectivity index (χ1) is 13.0. The Morgan fingerprint density at radius 1 is 1.07 bits per heavy atom. The molecule has 3 aromatic rings. The third-order valence-electron chi connectivity index (χ3n) is 5.22. The number of aromatic nitrogens is 1. The Morgan fingerprint density at radius 2 is 1.78 bits per heavy atom. The molecular weight excluding hydrogens is 332 g/mol. The van der Waals surface area contributed by atoms with E-state index in [-0.39, 0.29) is 11.8 Å². The molecule has 1 amide bonds. The van der Waals surface area contributed by atoms with Gasteiger partial charge in [-0.05, 0) is 36.5 Å². The molecule has 0 aliphatic heterocycles. The number of rotatable bonds is 7. The second-order valence-electron chi connectivity index (χ2n) is 7.91. The number of carbonyl (C=O) groups is 1. The van der Waals surface area contributed by atoms with E-state index in [1.54, 1.807) is 0 Å². The summed E-state index contributed by atoms with van der Waals surface area (Å²) in [6, 6.07) is 17.0. The maximum atomic E-state index is 12.7. The molecule has 0 fully saturated rings. The zero-order valence-electron chi connectivity index (χ0n) is 16.8. The summed E-state index contributed by atoms with van der Waals surface area (Å²) in [6.07, 6.45) is 3.65. The number of para-hydroxylation sites is 1. The Kier molecular flexibility index (Phi) is 6.00. The number of amides is 1. The van der Waals surface area contributed by atoms with Gasteiger partial charge in [-0.2, -0.15) is 0 Å². The summed E-state index contributed by atoms with van der Waals surface area (Å²) in [4.78, 5) is 12.7. The van der Waals surface area contributed by atoms with Crippen LogP contribution in [0, 0.1) is 12.8 Å². The molecule has 0 radical (unpaired) electrons. The lowest BCUT2D eigenvalue weighted by molar-refractivity contribution is -0.121. The molecule has 1 aromatic heterocycles. The van der Waals surface area contributed by atoms with Crippen molar-refractivity contribution in [2.75, 3.05) is 6.54 Å². The Balaban J connectivity index is 1.92. The van der Waals surface area contributed by atoms with Crippen LogP contribution < -0.4 is 5.32 Å². The molecule has 2 aromatic carbocycles. The molecule has 0 spiro atoms. The van der Waals surface area contributed by atoms with E-state index in [4.69, 9.17) is 0 Å². The van der Waals surface area contributed by atoms with Crippen molar-refractivity contribution in [2.45, 2.75) is 39.5 Å². The molecule has 3 rings (SSSR count). The molecule has 1 atom stereocenters. The predicted molar refractivity (Wildman–Crippen MR) is 113 cm³/mol. The van der Waals surface area contributed by atoms with E-state index in [1.165, 1.54) is 27.6 Å². The van der Waals surface area contributed by atoms with E-state index in [0.29, 0.717) is 12.3 Å². The van der Waals surface area contributed by atoms with Gasteiger partial charge >= 0.3 is 0 Å². The van der Waals surface area contributed by atoms with Crippen LogP contribution in [0.4, 0.5) is 0 Å². The molecular formula is C24H30N2O. The molecule has 142 valence electrons. The van der Waals surface area contributed by atoms with Crippen molar-refractivity contribution in [3.63, 3.8) is 0 Å². The second kappa shape index (κ2) is 8.43. The second-order valence-corrected chi connectivity index (χ2v) is 7.91. The molecule has 0 saturated heterocycles. The number of carbonyl (C=O) groups excluding carboxylic acids is 1. The van der Waals surface area contributed by atoms with Crippen molar-refractivity contribution in [1.29, 1.82) is 0 Å². The number of hydrogen-bond donors (Lipinski definition) is 1. The molecule has 1 N–H and O–H groups in total. The van der Waals surface area contributed by atoms with Crippen LogP contribution in [0.15, 0.2) is 54.7 Å². The maximum Gasteiger partial charge on any atom is 0.220 e. The summed E-state index contributed by atoms with van der Waals surface area (Å²) < 4.78 is 2.16. The summed E-state index contributed by atoms with van der Waals surface area (Å²) in [5.41, 5.74) is 4.84. The number of benzene rings is 2. The first kappa shape index (κ1) is 19.2. The molecule has 0 aliphatic carbocycles. The van der Waals surface area contributed by atoms with Crippen LogP contribution >= 0.6 is 0 Å². The van der Waals surface area contributed by atoms with Gasteiger partial charge in [0, 0.05) is 43.0 Å². The minimum atomic E-state index is 0.0516. The average Bonchev–Trinajstić information content (AvgIpc) is 2.97. The molecule has 0 saturated carbocycles. The summed E-state index contributed by atoms with van der Waals surface area (Å²) in [5, 5.41) is 4.33. The van der Waals surface area contributed by atoms with Gasteiger partial charge in [-0.15, -0.1) is 0 Å². The van der Waals surface area contributed by atoms with E-state index < -0.39 is 0 Å². The van der Waals surface area contributed by atoms with Gasteiger partial charge in [0.2, 0.25) is 5.91 Å². The van der Waals surface area contributed by atoms with Crippen LogP contribution in [0.25, 0.3) is 10.9 Å². The normalized spacial score (nSPS) is 12.5. The van der Waals surface area contributed by atoms with Crippen LogP contribution in [0.2, 0.25) is 0 Å². The minimum absolute atomic E-state index is 0.0516. The van der Waals surface area contributed by atoms with Gasteiger partial charge in [0.25, 0.3) is 0 Å². The molecule has 3 heteroatoms. The summed E-state index contributed by atoms with van der Waals surface area (Å²) in [5.74, 6) is 0.765. The Bertz CT molecular complexity index is 906. The fraction of sp³-hybridized carbons (Fsp3) is 0.375. The van der Waals surface area contributed by atoms with Crippen molar-refractivity contribution in [3.8, 4) is 0 Å². The van der Waals surface area contributed by atoms with E-state index >= 15 is 0 Å². The Labute approximate surface area is 162 Å². The SMILES string of the molecule is Cc1ccc([C@@H](CC(=O)NCCC(C)C)c2cn(C)c3ccccc23)cc1. The largest absolute Gasteiger partial charge is 0.356 e. The number of aryl methyl sites for hydroxylation is 2. The lowest BCUT2D eigenvalue weighted by Crippen LogP contribution is -2.27. The third-order valence-corrected chi connectivity index (χ3v) is 5.22. The smallest absolute Gasteiger partial charge is 0.220 e. The first-order valence-corrected chi connectivity index (χ1v) is 9.83. The maximum absolute atomic E-state index is 12.7. The van der Waals surface area contributed by atoms with Gasteiger partial charge in [0.15, 0.2) is 0 Å². The number of hydrogen-bond acceptors (Lipinski definition) is 1. The van der Waals surface area contributed by atoms with Crippen molar-refractivity contribution in [2.24, 2.45) is 13.0 Å². The zero-order chi connectivity index (χ0) is 19.4. The van der Waals surface area contributed by atoms with Crippen molar-refractivity contribution in [3.05, 3.63) is 71.4 Å². The summed E-state index contributed by atoms with van der Waals surface area (Å²) in [6.45, 7) is 7.19. The van der Waals surface area contributed by atoms with Gasteiger partial charge in [-0.3, -0.25) is 4.79 Å². The zero-order valence-corrected chi connectivity index (χ0v) is 16.8. The van der Waals surface area contributed by atoms with E-state index in [0.717, 1.165) is 13.0 Å². The number of fused-ring (bicyclic) bond motifs is 1. The van der Waals surface area contributed by atoms with Gasteiger partial charge in [-0.1, -0.05) is 61.9 Å². The lowest BCUT2D eigenvalue weighted by atomic mass is 9.87.